The fraction of sp³-hybridized carbons (Fsp3) is 0.632. The zero-order chi connectivity index (χ0) is 18.4. The van der Waals surface area contributed by atoms with Gasteiger partial charge in [0.2, 0.25) is 5.89 Å². The molecule has 3 aliphatic heterocycles. The molecule has 7 nitrogen and oxygen atoms in total. The first-order valence-corrected chi connectivity index (χ1v) is 10.5. The molecule has 1 amide bonds. The van der Waals surface area contributed by atoms with Crippen LogP contribution in [0.2, 0.25) is 0 Å². The predicted molar refractivity (Wildman–Crippen MR) is 99.8 cm³/mol. The van der Waals surface area contributed by atoms with Crippen molar-refractivity contribution in [3.8, 4) is 0 Å². The first-order valence-electron chi connectivity index (χ1n) is 9.60. The molecule has 3 saturated heterocycles. The van der Waals surface area contributed by atoms with Crippen molar-refractivity contribution in [1.82, 2.24) is 19.9 Å². The maximum atomic E-state index is 12.9. The smallest absolute Gasteiger partial charge is 0.254 e. The summed E-state index contributed by atoms with van der Waals surface area (Å²) >= 11 is 1.56. The summed E-state index contributed by atoms with van der Waals surface area (Å²) in [5.74, 6) is 1.78. The molecule has 0 spiro atoms. The second kappa shape index (κ2) is 6.68. The molecule has 2 aromatic rings. The van der Waals surface area contributed by atoms with Crippen LogP contribution in [0.4, 0.5) is 0 Å². The van der Waals surface area contributed by atoms with E-state index in [0.717, 1.165) is 51.3 Å². The van der Waals surface area contributed by atoms with Crippen molar-refractivity contribution >= 4 is 17.2 Å². The number of aryl methyl sites for hydroxylation is 1. The molecule has 5 rings (SSSR count). The highest BCUT2D eigenvalue weighted by Crippen LogP contribution is 2.46. The molecule has 0 bridgehead atoms. The molecule has 0 unspecified atom stereocenters. The summed E-state index contributed by atoms with van der Waals surface area (Å²) in [5.41, 5.74) is 0.517. The number of carbonyl (C=O) groups is 1. The number of carbonyl (C=O) groups excluding carboxylic acids is 1. The predicted octanol–water partition coefficient (Wildman–Crippen LogP) is 1.94. The second-order valence-corrected chi connectivity index (χ2v) is 8.75. The Bertz CT molecular complexity index is 817. The van der Waals surface area contributed by atoms with Gasteiger partial charge < -0.3 is 14.2 Å². The quantitative estimate of drug-likeness (QED) is 0.800. The first kappa shape index (κ1) is 17.3. The van der Waals surface area contributed by atoms with E-state index in [-0.39, 0.29) is 11.3 Å². The average Bonchev–Trinajstić information content (AvgIpc) is 3.44. The Kier molecular flexibility index (Phi) is 4.29. The lowest BCUT2D eigenvalue weighted by Gasteiger charge is -2.33. The van der Waals surface area contributed by atoms with E-state index in [1.54, 1.807) is 11.3 Å². The van der Waals surface area contributed by atoms with E-state index in [9.17, 15) is 4.79 Å². The SMILES string of the molecule is Cc1noc([C@]23CN(C(=O)c4ccsc4)C[C@H]2CN(C2CCOCC2)C3)n1. The van der Waals surface area contributed by atoms with E-state index in [1.807, 2.05) is 28.7 Å². The van der Waals surface area contributed by atoms with Gasteiger partial charge in [0.25, 0.3) is 5.91 Å². The van der Waals surface area contributed by atoms with Gasteiger partial charge in [-0.3, -0.25) is 9.69 Å². The molecule has 144 valence electrons. The lowest BCUT2D eigenvalue weighted by atomic mass is 9.81. The van der Waals surface area contributed by atoms with Crippen LogP contribution in [-0.4, -0.2) is 71.3 Å². The van der Waals surface area contributed by atoms with Crippen molar-refractivity contribution < 1.29 is 14.1 Å². The van der Waals surface area contributed by atoms with Crippen molar-refractivity contribution in [2.45, 2.75) is 31.2 Å². The van der Waals surface area contributed by atoms with Crippen LogP contribution in [0.3, 0.4) is 0 Å². The van der Waals surface area contributed by atoms with E-state index in [2.05, 4.69) is 15.0 Å². The van der Waals surface area contributed by atoms with E-state index < -0.39 is 0 Å². The summed E-state index contributed by atoms with van der Waals surface area (Å²) in [6.45, 7) is 6.76. The number of likely N-dealkylation sites (tertiary alicyclic amines) is 2. The largest absolute Gasteiger partial charge is 0.381 e. The zero-order valence-electron chi connectivity index (χ0n) is 15.5. The summed E-state index contributed by atoms with van der Waals surface area (Å²) < 4.78 is 11.2. The zero-order valence-corrected chi connectivity index (χ0v) is 16.3. The van der Waals surface area contributed by atoms with Gasteiger partial charge in [0.15, 0.2) is 5.82 Å². The lowest BCUT2D eigenvalue weighted by molar-refractivity contribution is 0.0369. The van der Waals surface area contributed by atoms with E-state index >= 15 is 0 Å². The van der Waals surface area contributed by atoms with E-state index in [1.165, 1.54) is 0 Å². The Hall–Kier alpha value is -1.77. The van der Waals surface area contributed by atoms with Crippen molar-refractivity contribution in [3.05, 3.63) is 34.1 Å². The highest BCUT2D eigenvalue weighted by molar-refractivity contribution is 7.08. The van der Waals surface area contributed by atoms with Crippen molar-refractivity contribution in [2.75, 3.05) is 39.4 Å². The fourth-order valence-electron chi connectivity index (χ4n) is 4.96. The Morgan fingerprint density at radius 2 is 2.15 bits per heavy atom. The van der Waals surface area contributed by atoms with Crippen LogP contribution >= 0.6 is 11.3 Å². The topological polar surface area (TPSA) is 71.7 Å². The van der Waals surface area contributed by atoms with Crippen molar-refractivity contribution in [3.63, 3.8) is 0 Å². The third-order valence-electron chi connectivity index (χ3n) is 6.35. The van der Waals surface area contributed by atoms with Crippen LogP contribution in [0.15, 0.2) is 21.3 Å². The van der Waals surface area contributed by atoms with Gasteiger partial charge in [0.1, 0.15) is 0 Å². The molecule has 0 saturated carbocycles. The maximum absolute atomic E-state index is 12.9. The van der Waals surface area contributed by atoms with Crippen LogP contribution in [0.25, 0.3) is 0 Å². The van der Waals surface area contributed by atoms with Gasteiger partial charge in [0.05, 0.1) is 11.0 Å². The number of thiophene rings is 1. The Balaban J connectivity index is 1.43. The molecule has 5 heterocycles. The molecule has 0 radical (unpaired) electrons. The normalized spacial score (nSPS) is 29.4. The summed E-state index contributed by atoms with van der Waals surface area (Å²) in [4.78, 5) is 22.1. The number of nitrogens with zero attached hydrogens (tertiary/aromatic N) is 4. The molecule has 0 N–H and O–H groups in total. The Morgan fingerprint density at radius 1 is 1.30 bits per heavy atom. The minimum atomic E-state index is -0.259. The van der Waals surface area contributed by atoms with E-state index in [0.29, 0.717) is 30.2 Å². The highest BCUT2D eigenvalue weighted by atomic mass is 32.1. The molecule has 8 heteroatoms. The monoisotopic (exact) mass is 388 g/mol. The first-order chi connectivity index (χ1) is 13.2. The van der Waals surface area contributed by atoms with Gasteiger partial charge in [0, 0.05) is 56.7 Å². The lowest BCUT2D eigenvalue weighted by Crippen LogP contribution is -2.44. The van der Waals surface area contributed by atoms with Crippen LogP contribution < -0.4 is 0 Å². The number of ether oxygens (including phenoxy) is 1. The third-order valence-corrected chi connectivity index (χ3v) is 7.03. The number of aromatic nitrogens is 2. The van der Waals surface area contributed by atoms with Crippen LogP contribution in [-0.2, 0) is 10.2 Å². The van der Waals surface area contributed by atoms with Crippen LogP contribution in [0.5, 0.6) is 0 Å². The van der Waals surface area contributed by atoms with Gasteiger partial charge in [-0.05, 0) is 31.2 Å². The molecular weight excluding hydrogens is 364 g/mol. The number of amides is 1. The molecule has 3 fully saturated rings. The van der Waals surface area contributed by atoms with Crippen molar-refractivity contribution in [2.24, 2.45) is 5.92 Å². The minimum absolute atomic E-state index is 0.110. The van der Waals surface area contributed by atoms with E-state index in [4.69, 9.17) is 9.26 Å². The van der Waals surface area contributed by atoms with Gasteiger partial charge >= 0.3 is 0 Å². The summed E-state index contributed by atoms with van der Waals surface area (Å²) in [7, 11) is 0. The molecule has 2 atom stereocenters. The van der Waals surface area contributed by atoms with Gasteiger partial charge in [-0.2, -0.15) is 16.3 Å². The minimum Gasteiger partial charge on any atom is -0.381 e. The average molecular weight is 388 g/mol. The molecular formula is C19H24N4O3S. The molecule has 27 heavy (non-hydrogen) atoms. The van der Waals surface area contributed by atoms with Gasteiger partial charge in [-0.1, -0.05) is 5.16 Å². The second-order valence-electron chi connectivity index (χ2n) is 7.97. The summed E-state index contributed by atoms with van der Waals surface area (Å²) in [6, 6.07) is 2.45. The molecule has 2 aromatic heterocycles. The summed E-state index contributed by atoms with van der Waals surface area (Å²) in [5, 5.41) is 7.92. The maximum Gasteiger partial charge on any atom is 0.254 e. The standard InChI is InChI=1S/C19H24N4O3S/c1-13-20-18(26-21-13)19-11-22(16-2-5-25-6-3-16)8-15(19)9-23(12-19)17(24)14-4-7-27-10-14/h4,7,10,15-16H,2-3,5-6,8-9,11-12H2,1H3/t15-,19-/m1/s1. The van der Waals surface area contributed by atoms with Crippen molar-refractivity contribution in [1.29, 1.82) is 0 Å². The van der Waals surface area contributed by atoms with Gasteiger partial charge in [-0.15, -0.1) is 0 Å². The number of rotatable bonds is 3. The third kappa shape index (κ3) is 2.90. The number of fused-ring (bicyclic) bond motifs is 1. The van der Waals surface area contributed by atoms with Gasteiger partial charge in [-0.25, -0.2) is 0 Å². The molecule has 3 aliphatic rings. The Labute approximate surface area is 162 Å². The number of hydrogen-bond donors (Lipinski definition) is 0. The molecule has 0 aromatic carbocycles. The molecule has 0 aliphatic carbocycles. The Morgan fingerprint density at radius 3 is 2.85 bits per heavy atom. The number of hydrogen-bond acceptors (Lipinski definition) is 7. The van der Waals surface area contributed by atoms with Crippen LogP contribution in [0, 0.1) is 12.8 Å². The van der Waals surface area contributed by atoms with Crippen LogP contribution in [0.1, 0.15) is 34.9 Å². The fourth-order valence-corrected chi connectivity index (χ4v) is 5.59. The summed E-state index contributed by atoms with van der Waals surface area (Å²) in [6.07, 6.45) is 2.15. The highest BCUT2D eigenvalue weighted by Gasteiger charge is 2.58.